The summed E-state index contributed by atoms with van der Waals surface area (Å²) in [6, 6.07) is 3.51. The smallest absolute Gasteiger partial charge is 0.396 e. The van der Waals surface area contributed by atoms with Gasteiger partial charge < -0.3 is 10.0 Å². The van der Waals surface area contributed by atoms with Gasteiger partial charge in [-0.05, 0) is 31.5 Å². The van der Waals surface area contributed by atoms with Crippen LogP contribution in [0.4, 0.5) is 18.9 Å². The number of nitrogens with zero attached hydrogens (tertiary/aromatic N) is 1. The number of carbonyl (C=O) groups is 1. The molecule has 0 bridgehead atoms. The summed E-state index contributed by atoms with van der Waals surface area (Å²) in [6.45, 7) is 2.38. The predicted molar refractivity (Wildman–Crippen MR) is 66.4 cm³/mol. The largest absolute Gasteiger partial charge is 0.418 e. The van der Waals surface area contributed by atoms with Crippen molar-refractivity contribution in [1.82, 2.24) is 0 Å². The summed E-state index contributed by atoms with van der Waals surface area (Å²) in [4.78, 5) is 12.1. The van der Waals surface area contributed by atoms with Crippen molar-refractivity contribution >= 4 is 12.0 Å². The lowest BCUT2D eigenvalue weighted by Crippen LogP contribution is -2.27. The Morgan fingerprint density at radius 1 is 1.37 bits per heavy atom. The first kappa shape index (κ1) is 15.5. The second-order valence-corrected chi connectivity index (χ2v) is 4.05. The first-order valence-electron chi connectivity index (χ1n) is 5.96. The van der Waals surface area contributed by atoms with Crippen molar-refractivity contribution in [3.8, 4) is 0 Å². The van der Waals surface area contributed by atoms with Gasteiger partial charge in [-0.2, -0.15) is 13.2 Å². The quantitative estimate of drug-likeness (QED) is 0.811. The van der Waals surface area contributed by atoms with E-state index in [2.05, 4.69) is 0 Å². The van der Waals surface area contributed by atoms with Gasteiger partial charge in [0.2, 0.25) is 0 Å². The summed E-state index contributed by atoms with van der Waals surface area (Å²) >= 11 is 0. The van der Waals surface area contributed by atoms with E-state index in [-0.39, 0.29) is 17.9 Å². The number of aliphatic hydroxyl groups is 1. The molecular formula is C13H16F3NO2. The highest BCUT2D eigenvalue weighted by atomic mass is 19.4. The number of anilines is 1. The molecule has 1 aromatic carbocycles. The van der Waals surface area contributed by atoms with E-state index in [4.69, 9.17) is 5.11 Å². The number of alkyl halides is 3. The molecule has 1 rings (SSSR count). The van der Waals surface area contributed by atoms with E-state index in [1.807, 2.05) is 0 Å². The van der Waals surface area contributed by atoms with Crippen LogP contribution in [0.5, 0.6) is 0 Å². The normalized spacial score (nSPS) is 11.4. The van der Waals surface area contributed by atoms with E-state index in [9.17, 15) is 18.0 Å². The highest BCUT2D eigenvalue weighted by Crippen LogP contribution is 2.37. The van der Waals surface area contributed by atoms with E-state index >= 15 is 0 Å². The zero-order chi connectivity index (χ0) is 14.5. The Balaban J connectivity index is 3.20. The van der Waals surface area contributed by atoms with Crippen molar-refractivity contribution in [3.05, 3.63) is 29.3 Å². The minimum Gasteiger partial charge on any atom is -0.396 e. The van der Waals surface area contributed by atoms with Crippen LogP contribution in [0.3, 0.4) is 0 Å². The van der Waals surface area contributed by atoms with Crippen LogP contribution in [0.2, 0.25) is 0 Å². The Morgan fingerprint density at radius 2 is 2.05 bits per heavy atom. The molecule has 3 nitrogen and oxygen atoms in total. The van der Waals surface area contributed by atoms with Crippen LogP contribution >= 0.6 is 0 Å². The molecule has 0 unspecified atom stereocenters. The standard InChI is InChI=1S/C13H16F3NO2/c1-2-17(6-3-7-18)12-5-4-10(9-19)8-11(12)13(14,15)16/h4-5,8-9,18H,2-3,6-7H2,1H3. The number of aldehydes is 1. The van der Waals surface area contributed by atoms with Crippen molar-refractivity contribution in [2.24, 2.45) is 0 Å². The second-order valence-electron chi connectivity index (χ2n) is 4.05. The van der Waals surface area contributed by atoms with Crippen molar-refractivity contribution in [2.75, 3.05) is 24.6 Å². The van der Waals surface area contributed by atoms with Crippen molar-refractivity contribution in [3.63, 3.8) is 0 Å². The van der Waals surface area contributed by atoms with E-state index < -0.39 is 11.7 Å². The molecule has 0 amide bonds. The molecule has 0 atom stereocenters. The zero-order valence-corrected chi connectivity index (χ0v) is 10.6. The molecule has 1 N–H and O–H groups in total. The summed E-state index contributed by atoms with van der Waals surface area (Å²) in [5.74, 6) is 0. The minimum absolute atomic E-state index is 0.00529. The fraction of sp³-hybridized carbons (Fsp3) is 0.462. The lowest BCUT2D eigenvalue weighted by Gasteiger charge is -2.26. The molecule has 0 saturated heterocycles. The molecule has 0 aliphatic carbocycles. The Hall–Kier alpha value is -1.56. The highest BCUT2D eigenvalue weighted by molar-refractivity contribution is 5.77. The van der Waals surface area contributed by atoms with Gasteiger partial charge in [-0.15, -0.1) is 0 Å². The van der Waals surface area contributed by atoms with Gasteiger partial charge in [0.1, 0.15) is 6.29 Å². The number of hydrogen-bond donors (Lipinski definition) is 1. The van der Waals surface area contributed by atoms with Crippen LogP contribution in [0.25, 0.3) is 0 Å². The van der Waals surface area contributed by atoms with Gasteiger partial charge in [0.15, 0.2) is 0 Å². The van der Waals surface area contributed by atoms with Crippen LogP contribution in [-0.2, 0) is 6.18 Å². The third-order valence-electron chi connectivity index (χ3n) is 2.77. The van der Waals surface area contributed by atoms with Crippen molar-refractivity contribution in [1.29, 1.82) is 0 Å². The van der Waals surface area contributed by atoms with E-state index in [1.165, 1.54) is 17.0 Å². The van der Waals surface area contributed by atoms with Gasteiger partial charge in [-0.25, -0.2) is 0 Å². The predicted octanol–water partition coefficient (Wildman–Crippen LogP) is 2.73. The van der Waals surface area contributed by atoms with Gasteiger partial charge in [0.25, 0.3) is 0 Å². The lowest BCUT2D eigenvalue weighted by atomic mass is 10.1. The van der Waals surface area contributed by atoms with Gasteiger partial charge in [0.05, 0.1) is 5.56 Å². The number of rotatable bonds is 6. The molecule has 6 heteroatoms. The van der Waals surface area contributed by atoms with Crippen LogP contribution in [0.1, 0.15) is 29.3 Å². The first-order valence-corrected chi connectivity index (χ1v) is 5.96. The van der Waals surface area contributed by atoms with Crippen LogP contribution in [0.15, 0.2) is 18.2 Å². The lowest BCUT2D eigenvalue weighted by molar-refractivity contribution is -0.137. The molecule has 0 saturated carbocycles. The number of halogens is 3. The summed E-state index contributed by atoms with van der Waals surface area (Å²) in [5, 5.41) is 8.77. The summed E-state index contributed by atoms with van der Waals surface area (Å²) in [6.07, 6.45) is -3.73. The van der Waals surface area contributed by atoms with Crippen molar-refractivity contribution < 1.29 is 23.1 Å². The van der Waals surface area contributed by atoms with Crippen LogP contribution in [-0.4, -0.2) is 31.1 Å². The van der Waals surface area contributed by atoms with E-state index in [0.29, 0.717) is 25.8 Å². The van der Waals surface area contributed by atoms with Crippen LogP contribution in [0, 0.1) is 0 Å². The number of hydrogen-bond acceptors (Lipinski definition) is 3. The van der Waals surface area contributed by atoms with Crippen LogP contribution < -0.4 is 4.90 Å². The van der Waals surface area contributed by atoms with E-state index in [1.54, 1.807) is 6.92 Å². The average molecular weight is 275 g/mol. The molecule has 0 aliphatic rings. The Kier molecular flexibility index (Phi) is 5.35. The third kappa shape index (κ3) is 3.96. The molecule has 106 valence electrons. The first-order chi connectivity index (χ1) is 8.93. The number of aliphatic hydroxyl groups excluding tert-OH is 1. The average Bonchev–Trinajstić information content (AvgIpc) is 2.38. The summed E-state index contributed by atoms with van der Waals surface area (Å²) in [7, 11) is 0. The molecule has 0 spiro atoms. The Labute approximate surface area is 109 Å². The molecule has 1 aromatic rings. The van der Waals surface area contributed by atoms with E-state index in [0.717, 1.165) is 6.07 Å². The minimum atomic E-state index is -4.51. The maximum absolute atomic E-state index is 13.0. The fourth-order valence-electron chi connectivity index (χ4n) is 1.84. The molecule has 0 aromatic heterocycles. The molecular weight excluding hydrogens is 259 g/mol. The van der Waals surface area contributed by atoms with Gasteiger partial charge in [-0.3, -0.25) is 4.79 Å². The second kappa shape index (κ2) is 6.56. The van der Waals surface area contributed by atoms with Gasteiger partial charge in [0, 0.05) is 30.9 Å². The fourth-order valence-corrected chi connectivity index (χ4v) is 1.84. The maximum atomic E-state index is 13.0. The molecule has 0 fully saturated rings. The third-order valence-corrected chi connectivity index (χ3v) is 2.77. The Bertz CT molecular complexity index is 432. The van der Waals surface area contributed by atoms with Gasteiger partial charge >= 0.3 is 6.18 Å². The molecule has 0 heterocycles. The van der Waals surface area contributed by atoms with Crippen molar-refractivity contribution in [2.45, 2.75) is 19.5 Å². The Morgan fingerprint density at radius 3 is 2.53 bits per heavy atom. The zero-order valence-electron chi connectivity index (χ0n) is 10.6. The maximum Gasteiger partial charge on any atom is 0.418 e. The molecule has 0 aliphatic heterocycles. The number of carbonyl (C=O) groups excluding carboxylic acids is 1. The molecule has 0 radical (unpaired) electrons. The summed E-state index contributed by atoms with van der Waals surface area (Å²) < 4.78 is 39.0. The topological polar surface area (TPSA) is 40.5 Å². The highest BCUT2D eigenvalue weighted by Gasteiger charge is 2.34. The monoisotopic (exact) mass is 275 g/mol. The number of benzene rings is 1. The SMILES string of the molecule is CCN(CCCO)c1ccc(C=O)cc1C(F)(F)F. The molecule has 19 heavy (non-hydrogen) atoms. The van der Waals surface area contributed by atoms with Gasteiger partial charge in [-0.1, -0.05) is 0 Å². The summed E-state index contributed by atoms with van der Waals surface area (Å²) in [5.41, 5.74) is -0.791.